The third-order valence-electron chi connectivity index (χ3n) is 1.39. The Morgan fingerprint density at radius 2 is 2.33 bits per heavy atom. The van der Waals surface area contributed by atoms with Crippen LogP contribution >= 0.6 is 0 Å². The number of hydrogen-bond acceptors (Lipinski definition) is 2. The third kappa shape index (κ3) is 2.23. The molecule has 1 rings (SSSR count). The SMILES string of the molecule is CCC(=O)Nc1ccc(=O)[nH]c1. The second kappa shape index (κ2) is 3.71. The number of carbonyl (C=O) groups is 1. The molecule has 4 heteroatoms. The summed E-state index contributed by atoms with van der Waals surface area (Å²) in [5.74, 6) is -0.0675. The molecule has 1 aromatic heterocycles. The van der Waals surface area contributed by atoms with Gasteiger partial charge in [0.2, 0.25) is 11.5 Å². The van der Waals surface area contributed by atoms with E-state index in [2.05, 4.69) is 10.3 Å². The van der Waals surface area contributed by atoms with Crippen LogP contribution in [0.25, 0.3) is 0 Å². The Kier molecular flexibility index (Phi) is 2.63. The predicted octanol–water partition coefficient (Wildman–Crippen LogP) is 0.723. The van der Waals surface area contributed by atoms with Crippen molar-refractivity contribution >= 4 is 11.6 Å². The van der Waals surface area contributed by atoms with Crippen LogP contribution in [-0.2, 0) is 4.79 Å². The van der Waals surface area contributed by atoms with Gasteiger partial charge in [-0.1, -0.05) is 6.92 Å². The number of aromatic nitrogens is 1. The minimum atomic E-state index is -0.176. The lowest BCUT2D eigenvalue weighted by molar-refractivity contribution is -0.115. The lowest BCUT2D eigenvalue weighted by Gasteiger charge is -2.00. The molecule has 0 bridgehead atoms. The number of hydrogen-bond donors (Lipinski definition) is 2. The first-order valence-electron chi connectivity index (χ1n) is 3.71. The van der Waals surface area contributed by atoms with E-state index in [0.717, 1.165) is 0 Å². The van der Waals surface area contributed by atoms with Crippen molar-refractivity contribution in [3.05, 3.63) is 28.7 Å². The molecule has 0 unspecified atom stereocenters. The van der Waals surface area contributed by atoms with Crippen molar-refractivity contribution in [1.82, 2.24) is 4.98 Å². The lowest BCUT2D eigenvalue weighted by Crippen LogP contribution is -2.11. The van der Waals surface area contributed by atoms with Gasteiger partial charge in [-0.3, -0.25) is 9.59 Å². The zero-order valence-electron chi connectivity index (χ0n) is 6.76. The summed E-state index contributed by atoms with van der Waals surface area (Å²) < 4.78 is 0. The molecule has 0 saturated carbocycles. The maximum atomic E-state index is 10.9. The molecule has 0 spiro atoms. The largest absolute Gasteiger partial charge is 0.327 e. The number of H-pyrrole nitrogens is 1. The molecule has 0 aliphatic heterocycles. The van der Waals surface area contributed by atoms with E-state index >= 15 is 0 Å². The standard InChI is InChI=1S/C8H10N2O2/c1-2-7(11)10-6-3-4-8(12)9-5-6/h3-5H,2H2,1H3,(H,9,12)(H,10,11). The third-order valence-corrected chi connectivity index (χ3v) is 1.39. The summed E-state index contributed by atoms with van der Waals surface area (Å²) >= 11 is 0. The Balaban J connectivity index is 2.71. The van der Waals surface area contributed by atoms with Gasteiger partial charge in [-0.15, -0.1) is 0 Å². The van der Waals surface area contributed by atoms with E-state index in [4.69, 9.17) is 0 Å². The molecule has 0 aromatic carbocycles. The van der Waals surface area contributed by atoms with E-state index in [1.54, 1.807) is 13.0 Å². The van der Waals surface area contributed by atoms with Crippen molar-refractivity contribution < 1.29 is 4.79 Å². The number of nitrogens with one attached hydrogen (secondary N) is 2. The van der Waals surface area contributed by atoms with Gasteiger partial charge in [0.15, 0.2) is 0 Å². The van der Waals surface area contributed by atoms with Crippen LogP contribution in [0.4, 0.5) is 5.69 Å². The zero-order chi connectivity index (χ0) is 8.97. The van der Waals surface area contributed by atoms with Gasteiger partial charge >= 0.3 is 0 Å². The number of rotatable bonds is 2. The molecule has 1 amide bonds. The summed E-state index contributed by atoms with van der Waals surface area (Å²) in [6, 6.07) is 2.93. The summed E-state index contributed by atoms with van der Waals surface area (Å²) in [7, 11) is 0. The molecule has 4 nitrogen and oxygen atoms in total. The van der Waals surface area contributed by atoms with Gasteiger partial charge in [0.25, 0.3) is 0 Å². The summed E-state index contributed by atoms with van der Waals surface area (Å²) in [4.78, 5) is 23.9. The Morgan fingerprint density at radius 3 is 2.83 bits per heavy atom. The first kappa shape index (κ1) is 8.52. The number of pyridine rings is 1. The van der Waals surface area contributed by atoms with Gasteiger partial charge in [0.1, 0.15) is 0 Å². The minimum absolute atomic E-state index is 0.0675. The van der Waals surface area contributed by atoms with E-state index in [9.17, 15) is 9.59 Å². The normalized spacial score (nSPS) is 9.42. The number of aromatic amines is 1. The average Bonchev–Trinajstić information content (AvgIpc) is 2.09. The molecule has 2 N–H and O–H groups in total. The fraction of sp³-hybridized carbons (Fsp3) is 0.250. The summed E-state index contributed by atoms with van der Waals surface area (Å²) in [6.45, 7) is 1.76. The highest BCUT2D eigenvalue weighted by molar-refractivity contribution is 5.90. The van der Waals surface area contributed by atoms with Crippen molar-refractivity contribution in [3.8, 4) is 0 Å². The van der Waals surface area contributed by atoms with E-state index in [1.807, 2.05) is 0 Å². The summed E-state index contributed by atoms with van der Waals surface area (Å²) in [5.41, 5.74) is 0.436. The second-order valence-electron chi connectivity index (χ2n) is 2.34. The molecule has 1 aromatic rings. The Labute approximate surface area is 69.6 Å². The van der Waals surface area contributed by atoms with Crippen molar-refractivity contribution in [2.24, 2.45) is 0 Å². The molecule has 0 atom stereocenters. The van der Waals surface area contributed by atoms with Gasteiger partial charge in [-0.25, -0.2) is 0 Å². The van der Waals surface area contributed by atoms with Crippen molar-refractivity contribution in [2.75, 3.05) is 5.32 Å². The second-order valence-corrected chi connectivity index (χ2v) is 2.34. The van der Waals surface area contributed by atoms with Crippen LogP contribution in [0.1, 0.15) is 13.3 Å². The van der Waals surface area contributed by atoms with Crippen LogP contribution in [0.2, 0.25) is 0 Å². The van der Waals surface area contributed by atoms with E-state index in [1.165, 1.54) is 12.3 Å². The molecule has 0 aliphatic rings. The maximum Gasteiger partial charge on any atom is 0.248 e. The molecule has 0 saturated heterocycles. The van der Waals surface area contributed by atoms with E-state index in [0.29, 0.717) is 12.1 Å². The summed E-state index contributed by atoms with van der Waals surface area (Å²) in [6.07, 6.45) is 1.90. The van der Waals surface area contributed by atoms with Crippen LogP contribution in [0.15, 0.2) is 23.1 Å². The molecule has 0 radical (unpaired) electrons. The van der Waals surface area contributed by atoms with Gasteiger partial charge in [-0.05, 0) is 6.07 Å². The molecule has 0 aliphatic carbocycles. The highest BCUT2D eigenvalue weighted by Crippen LogP contribution is 2.00. The van der Waals surface area contributed by atoms with E-state index < -0.39 is 0 Å². The topological polar surface area (TPSA) is 62.0 Å². The molecule has 64 valence electrons. The Morgan fingerprint density at radius 1 is 1.58 bits per heavy atom. The first-order chi connectivity index (χ1) is 5.72. The smallest absolute Gasteiger partial charge is 0.248 e. The van der Waals surface area contributed by atoms with Crippen LogP contribution in [-0.4, -0.2) is 10.9 Å². The number of carbonyl (C=O) groups excluding carboxylic acids is 1. The number of anilines is 1. The quantitative estimate of drug-likeness (QED) is 0.680. The van der Waals surface area contributed by atoms with Crippen LogP contribution in [0.3, 0.4) is 0 Å². The van der Waals surface area contributed by atoms with Crippen molar-refractivity contribution in [3.63, 3.8) is 0 Å². The fourth-order valence-corrected chi connectivity index (χ4v) is 0.738. The van der Waals surface area contributed by atoms with Gasteiger partial charge in [0.05, 0.1) is 5.69 Å². The van der Waals surface area contributed by atoms with Crippen LogP contribution < -0.4 is 10.9 Å². The monoisotopic (exact) mass is 166 g/mol. The lowest BCUT2D eigenvalue weighted by atomic mass is 10.4. The van der Waals surface area contributed by atoms with Gasteiger partial charge in [0, 0.05) is 18.7 Å². The maximum absolute atomic E-state index is 10.9. The van der Waals surface area contributed by atoms with Crippen LogP contribution in [0.5, 0.6) is 0 Å². The van der Waals surface area contributed by atoms with E-state index in [-0.39, 0.29) is 11.5 Å². The zero-order valence-corrected chi connectivity index (χ0v) is 6.76. The molecular formula is C8H10N2O2. The Bertz CT molecular complexity index is 310. The molecule has 0 fully saturated rings. The molecule has 1 heterocycles. The highest BCUT2D eigenvalue weighted by Gasteiger charge is 1.96. The predicted molar refractivity (Wildman–Crippen MR) is 46.0 cm³/mol. The molecular weight excluding hydrogens is 156 g/mol. The highest BCUT2D eigenvalue weighted by atomic mass is 16.1. The van der Waals surface area contributed by atoms with Crippen LogP contribution in [0, 0.1) is 0 Å². The average molecular weight is 166 g/mol. The van der Waals surface area contributed by atoms with Crippen molar-refractivity contribution in [1.29, 1.82) is 0 Å². The van der Waals surface area contributed by atoms with Gasteiger partial charge in [-0.2, -0.15) is 0 Å². The number of amides is 1. The van der Waals surface area contributed by atoms with Crippen molar-refractivity contribution in [2.45, 2.75) is 13.3 Å². The first-order valence-corrected chi connectivity index (χ1v) is 3.71. The molecule has 12 heavy (non-hydrogen) atoms. The summed E-state index contributed by atoms with van der Waals surface area (Å²) in [5, 5.41) is 2.61. The fourth-order valence-electron chi connectivity index (χ4n) is 0.738. The minimum Gasteiger partial charge on any atom is -0.327 e. The van der Waals surface area contributed by atoms with Gasteiger partial charge < -0.3 is 10.3 Å². The Hall–Kier alpha value is -1.58.